The van der Waals surface area contributed by atoms with E-state index in [1.54, 1.807) is 6.07 Å². The normalized spacial score (nSPS) is 14.9. The molecule has 22 heavy (non-hydrogen) atoms. The van der Waals surface area contributed by atoms with Crippen LogP contribution in [0.1, 0.15) is 22.3 Å². The van der Waals surface area contributed by atoms with Crippen LogP contribution in [0.4, 0.5) is 18.9 Å². The number of alkyl halides is 3. The molecule has 0 unspecified atom stereocenters. The van der Waals surface area contributed by atoms with Gasteiger partial charge < -0.3 is 4.90 Å². The molecule has 1 nitrogen and oxygen atoms in total. The van der Waals surface area contributed by atoms with E-state index >= 15 is 0 Å². The molecule has 1 heterocycles. The highest BCUT2D eigenvalue weighted by atomic mass is 35.5. The fourth-order valence-corrected chi connectivity index (χ4v) is 3.13. The minimum absolute atomic E-state index is 0.571. The SMILES string of the molecule is Cc1cc(Cl)cc(N2CCc3cc(C(F)(F)F)ccc3C2)c1. The molecule has 116 valence electrons. The first-order chi connectivity index (χ1) is 10.3. The van der Waals surface area contributed by atoms with Crippen molar-refractivity contribution in [2.45, 2.75) is 26.1 Å². The zero-order valence-electron chi connectivity index (χ0n) is 12.0. The standard InChI is InChI=1S/C17H15ClF3N/c1-11-6-15(18)9-16(7-11)22-5-4-12-8-14(17(19,20)21)3-2-13(12)10-22/h2-3,6-9H,4-5,10H2,1H3. The second kappa shape index (κ2) is 5.51. The minimum atomic E-state index is -4.28. The van der Waals surface area contributed by atoms with Gasteiger partial charge in [-0.3, -0.25) is 0 Å². The van der Waals surface area contributed by atoms with Crippen LogP contribution in [-0.2, 0) is 19.1 Å². The monoisotopic (exact) mass is 325 g/mol. The molecule has 0 aromatic heterocycles. The summed E-state index contributed by atoms with van der Waals surface area (Å²) in [6, 6.07) is 9.84. The van der Waals surface area contributed by atoms with Crippen molar-refractivity contribution in [3.8, 4) is 0 Å². The van der Waals surface area contributed by atoms with Gasteiger partial charge in [0.1, 0.15) is 0 Å². The fraction of sp³-hybridized carbons (Fsp3) is 0.294. The van der Waals surface area contributed by atoms with Crippen molar-refractivity contribution in [3.63, 3.8) is 0 Å². The first kappa shape index (κ1) is 15.2. The van der Waals surface area contributed by atoms with Gasteiger partial charge in [-0.25, -0.2) is 0 Å². The third-order valence-corrected chi connectivity index (χ3v) is 4.16. The van der Waals surface area contributed by atoms with Crippen LogP contribution in [-0.4, -0.2) is 6.54 Å². The topological polar surface area (TPSA) is 3.24 Å². The Balaban J connectivity index is 1.88. The molecular weight excluding hydrogens is 311 g/mol. The van der Waals surface area contributed by atoms with E-state index in [0.29, 0.717) is 24.5 Å². The predicted octanol–water partition coefficient (Wildman–Crippen LogP) is 5.23. The lowest BCUT2D eigenvalue weighted by molar-refractivity contribution is -0.137. The summed E-state index contributed by atoms with van der Waals surface area (Å²) in [5, 5.41) is 0.674. The molecule has 0 aliphatic carbocycles. The smallest absolute Gasteiger partial charge is 0.367 e. The van der Waals surface area contributed by atoms with Gasteiger partial charge in [-0.2, -0.15) is 13.2 Å². The van der Waals surface area contributed by atoms with Crippen molar-refractivity contribution < 1.29 is 13.2 Å². The lowest BCUT2D eigenvalue weighted by atomic mass is 9.96. The predicted molar refractivity (Wildman–Crippen MR) is 82.4 cm³/mol. The summed E-state index contributed by atoms with van der Waals surface area (Å²) in [4.78, 5) is 2.15. The van der Waals surface area contributed by atoms with Crippen LogP contribution in [0.3, 0.4) is 0 Å². The summed E-state index contributed by atoms with van der Waals surface area (Å²) < 4.78 is 38.3. The van der Waals surface area contributed by atoms with Gasteiger partial charge in [0.25, 0.3) is 0 Å². The molecule has 2 aromatic carbocycles. The van der Waals surface area contributed by atoms with Crippen LogP contribution in [0.25, 0.3) is 0 Å². The molecule has 0 spiro atoms. The average molecular weight is 326 g/mol. The molecule has 0 radical (unpaired) electrons. The molecule has 5 heteroatoms. The Hall–Kier alpha value is -1.68. The summed E-state index contributed by atoms with van der Waals surface area (Å²) in [6.45, 7) is 3.27. The van der Waals surface area contributed by atoms with Gasteiger partial charge in [-0.1, -0.05) is 17.7 Å². The second-order valence-electron chi connectivity index (χ2n) is 5.64. The highest BCUT2D eigenvalue weighted by Gasteiger charge is 2.31. The summed E-state index contributed by atoms with van der Waals surface area (Å²) in [5.41, 5.74) is 3.23. The van der Waals surface area contributed by atoms with Crippen LogP contribution >= 0.6 is 11.6 Å². The quantitative estimate of drug-likeness (QED) is 0.694. The molecule has 0 N–H and O–H groups in total. The Morgan fingerprint density at radius 2 is 1.82 bits per heavy atom. The molecule has 0 fully saturated rings. The second-order valence-corrected chi connectivity index (χ2v) is 6.08. The average Bonchev–Trinajstić information content (AvgIpc) is 2.44. The van der Waals surface area contributed by atoms with Gasteiger partial charge in [0.15, 0.2) is 0 Å². The van der Waals surface area contributed by atoms with Crippen molar-refractivity contribution in [3.05, 3.63) is 63.7 Å². The van der Waals surface area contributed by atoms with Crippen molar-refractivity contribution in [1.82, 2.24) is 0 Å². The maximum atomic E-state index is 12.8. The molecule has 0 saturated heterocycles. The Morgan fingerprint density at radius 1 is 1.05 bits per heavy atom. The molecule has 0 saturated carbocycles. The van der Waals surface area contributed by atoms with Crippen molar-refractivity contribution in [1.29, 1.82) is 0 Å². The fourth-order valence-electron chi connectivity index (χ4n) is 2.85. The Kier molecular flexibility index (Phi) is 3.81. The van der Waals surface area contributed by atoms with Crippen LogP contribution in [0.15, 0.2) is 36.4 Å². The first-order valence-corrected chi connectivity index (χ1v) is 7.42. The molecule has 0 amide bonds. The van der Waals surface area contributed by atoms with Crippen molar-refractivity contribution in [2.75, 3.05) is 11.4 Å². The van der Waals surface area contributed by atoms with Crippen LogP contribution < -0.4 is 4.90 Å². The summed E-state index contributed by atoms with van der Waals surface area (Å²) >= 11 is 6.09. The largest absolute Gasteiger partial charge is 0.416 e. The molecular formula is C17H15ClF3N. The van der Waals surface area contributed by atoms with Crippen LogP contribution in [0.5, 0.6) is 0 Å². The van der Waals surface area contributed by atoms with E-state index in [4.69, 9.17) is 11.6 Å². The summed E-state index contributed by atoms with van der Waals surface area (Å²) in [6.07, 6.45) is -3.68. The Morgan fingerprint density at radius 3 is 2.50 bits per heavy atom. The number of hydrogen-bond acceptors (Lipinski definition) is 1. The van der Waals surface area contributed by atoms with Crippen LogP contribution in [0, 0.1) is 6.92 Å². The number of nitrogens with zero attached hydrogens (tertiary/aromatic N) is 1. The van der Waals surface area contributed by atoms with E-state index in [2.05, 4.69) is 4.90 Å². The first-order valence-electron chi connectivity index (χ1n) is 7.04. The lowest BCUT2D eigenvalue weighted by Crippen LogP contribution is -2.30. The van der Waals surface area contributed by atoms with Gasteiger partial charge in [0, 0.05) is 23.8 Å². The van der Waals surface area contributed by atoms with Crippen LogP contribution in [0.2, 0.25) is 5.02 Å². The molecule has 2 aromatic rings. The number of rotatable bonds is 1. The summed E-state index contributed by atoms with van der Waals surface area (Å²) in [7, 11) is 0. The van der Waals surface area contributed by atoms with E-state index in [0.717, 1.165) is 28.4 Å². The van der Waals surface area contributed by atoms with E-state index in [9.17, 15) is 13.2 Å². The molecule has 0 atom stereocenters. The van der Waals surface area contributed by atoms with E-state index < -0.39 is 11.7 Å². The van der Waals surface area contributed by atoms with Gasteiger partial charge in [-0.15, -0.1) is 0 Å². The minimum Gasteiger partial charge on any atom is -0.367 e. The highest BCUT2D eigenvalue weighted by molar-refractivity contribution is 6.30. The third kappa shape index (κ3) is 3.07. The van der Waals surface area contributed by atoms with E-state index in [1.165, 1.54) is 6.07 Å². The zero-order valence-corrected chi connectivity index (χ0v) is 12.8. The lowest BCUT2D eigenvalue weighted by Gasteiger charge is -2.31. The molecule has 1 aliphatic rings. The molecule has 1 aliphatic heterocycles. The van der Waals surface area contributed by atoms with Gasteiger partial charge in [0.2, 0.25) is 0 Å². The van der Waals surface area contributed by atoms with Gasteiger partial charge in [-0.05, 0) is 60.4 Å². The number of aryl methyl sites for hydroxylation is 1. The maximum absolute atomic E-state index is 12.8. The Bertz CT molecular complexity index is 689. The van der Waals surface area contributed by atoms with Gasteiger partial charge >= 0.3 is 6.18 Å². The van der Waals surface area contributed by atoms with E-state index in [1.807, 2.05) is 25.1 Å². The van der Waals surface area contributed by atoms with Crippen molar-refractivity contribution in [2.24, 2.45) is 0 Å². The number of hydrogen-bond donors (Lipinski definition) is 0. The maximum Gasteiger partial charge on any atom is 0.416 e. The zero-order chi connectivity index (χ0) is 15.9. The molecule has 0 bridgehead atoms. The number of benzene rings is 2. The third-order valence-electron chi connectivity index (χ3n) is 3.94. The number of anilines is 1. The molecule has 3 rings (SSSR count). The number of halogens is 4. The van der Waals surface area contributed by atoms with Gasteiger partial charge in [0.05, 0.1) is 5.56 Å². The Labute approximate surface area is 132 Å². The van der Waals surface area contributed by atoms with E-state index in [-0.39, 0.29) is 0 Å². The van der Waals surface area contributed by atoms with Crippen molar-refractivity contribution >= 4 is 17.3 Å². The summed E-state index contributed by atoms with van der Waals surface area (Å²) in [5.74, 6) is 0. The number of fused-ring (bicyclic) bond motifs is 1. The highest BCUT2D eigenvalue weighted by Crippen LogP contribution is 2.33.